The second-order valence-electron chi connectivity index (χ2n) is 9.21. The van der Waals surface area contributed by atoms with Gasteiger partial charge in [0.2, 0.25) is 0 Å². The molecule has 0 aromatic rings. The number of ether oxygens (including phenoxy) is 1. The molecule has 8 nitrogen and oxygen atoms in total. The molecule has 2 aliphatic rings. The number of carboxylic acid groups (broad SMARTS) is 1. The number of nitrogens with two attached hydrogens (primary N) is 2. The van der Waals surface area contributed by atoms with Crippen molar-refractivity contribution in [3.05, 3.63) is 0 Å². The zero-order valence-corrected chi connectivity index (χ0v) is 17.0. The van der Waals surface area contributed by atoms with Gasteiger partial charge in [-0.15, -0.1) is 0 Å². The number of hydrogen-bond donors (Lipinski definition) is 3. The summed E-state index contributed by atoms with van der Waals surface area (Å²) in [6, 6.07) is 0.0496. The lowest BCUT2D eigenvalue weighted by atomic mass is 9.83. The van der Waals surface area contributed by atoms with Crippen molar-refractivity contribution in [3.8, 4) is 0 Å². The van der Waals surface area contributed by atoms with Crippen molar-refractivity contribution in [1.29, 1.82) is 0 Å². The van der Waals surface area contributed by atoms with Crippen molar-refractivity contribution in [2.75, 3.05) is 19.6 Å². The van der Waals surface area contributed by atoms with Crippen molar-refractivity contribution >= 4 is 12.2 Å². The highest BCUT2D eigenvalue weighted by molar-refractivity contribution is 5.68. The molecule has 0 bridgehead atoms. The van der Waals surface area contributed by atoms with Crippen LogP contribution in [0.15, 0.2) is 0 Å². The van der Waals surface area contributed by atoms with Crippen LogP contribution < -0.4 is 11.5 Å². The quantitative estimate of drug-likeness (QED) is 0.598. The van der Waals surface area contributed by atoms with Gasteiger partial charge in [0.1, 0.15) is 5.60 Å². The first-order valence-electron chi connectivity index (χ1n) is 9.21. The van der Waals surface area contributed by atoms with E-state index in [2.05, 4.69) is 0 Å². The standard InChI is InChI=1S/2C9H18N2O2/c1-9(2,3)13-8(12)11-5-4-7(10)6-11;1-9(2,3)7-6(10)4-5-11(7)8(12)13/h7H,4-6,10H2,1-3H3;6-7H,4-5,10H2,1-3H3,(H,12,13). The summed E-state index contributed by atoms with van der Waals surface area (Å²) in [4.78, 5) is 25.5. The van der Waals surface area contributed by atoms with Gasteiger partial charge in [0.25, 0.3) is 0 Å². The molecule has 2 amide bonds. The van der Waals surface area contributed by atoms with Crippen LogP contribution >= 0.6 is 0 Å². The van der Waals surface area contributed by atoms with Crippen LogP contribution in [-0.4, -0.2) is 70.5 Å². The van der Waals surface area contributed by atoms with E-state index in [1.807, 2.05) is 41.5 Å². The SMILES string of the molecule is CC(C)(C)C1C(N)CCN1C(=O)O.CC(C)(C)OC(=O)N1CCC(N)C1. The molecule has 3 unspecified atom stereocenters. The Balaban J connectivity index is 0.000000260. The molecule has 2 fully saturated rings. The second kappa shape index (κ2) is 8.43. The highest BCUT2D eigenvalue weighted by atomic mass is 16.6. The van der Waals surface area contributed by atoms with E-state index in [4.69, 9.17) is 21.3 Å². The summed E-state index contributed by atoms with van der Waals surface area (Å²) >= 11 is 0. The fraction of sp³-hybridized carbons (Fsp3) is 0.889. The van der Waals surface area contributed by atoms with Gasteiger partial charge in [0.15, 0.2) is 0 Å². The van der Waals surface area contributed by atoms with Gasteiger partial charge in [0.05, 0.1) is 6.04 Å². The summed E-state index contributed by atoms with van der Waals surface area (Å²) < 4.78 is 5.20. The van der Waals surface area contributed by atoms with Crippen molar-refractivity contribution in [1.82, 2.24) is 9.80 Å². The summed E-state index contributed by atoms with van der Waals surface area (Å²) in [7, 11) is 0. The van der Waals surface area contributed by atoms with E-state index in [1.54, 1.807) is 4.90 Å². The van der Waals surface area contributed by atoms with Gasteiger partial charge in [-0.3, -0.25) is 0 Å². The lowest BCUT2D eigenvalue weighted by Gasteiger charge is -2.35. The Hall–Kier alpha value is -1.54. The average Bonchev–Trinajstić information content (AvgIpc) is 3.03. The first kappa shape index (κ1) is 22.5. The van der Waals surface area contributed by atoms with Gasteiger partial charge < -0.3 is 31.1 Å². The molecule has 2 heterocycles. The Kier molecular flexibility index (Phi) is 7.30. The Bertz CT molecular complexity index is 498. The van der Waals surface area contributed by atoms with Gasteiger partial charge >= 0.3 is 12.2 Å². The van der Waals surface area contributed by atoms with Crippen LogP contribution in [0.25, 0.3) is 0 Å². The molecule has 0 aromatic carbocycles. The van der Waals surface area contributed by atoms with Gasteiger partial charge in [-0.25, -0.2) is 9.59 Å². The Morgan fingerprint density at radius 1 is 1.04 bits per heavy atom. The third-order valence-corrected chi connectivity index (χ3v) is 4.45. The molecule has 3 atom stereocenters. The molecule has 5 N–H and O–H groups in total. The first-order valence-corrected chi connectivity index (χ1v) is 9.21. The fourth-order valence-electron chi connectivity index (χ4n) is 3.42. The molecular weight excluding hydrogens is 336 g/mol. The lowest BCUT2D eigenvalue weighted by molar-refractivity contribution is 0.0292. The van der Waals surface area contributed by atoms with Crippen molar-refractivity contribution in [2.24, 2.45) is 16.9 Å². The van der Waals surface area contributed by atoms with Gasteiger partial charge in [0, 0.05) is 31.7 Å². The molecule has 0 aromatic heterocycles. The number of rotatable bonds is 0. The maximum atomic E-state index is 11.5. The van der Waals surface area contributed by atoms with Crippen LogP contribution in [-0.2, 0) is 4.74 Å². The summed E-state index contributed by atoms with van der Waals surface area (Å²) in [5, 5.41) is 8.94. The molecule has 2 rings (SSSR count). The minimum Gasteiger partial charge on any atom is -0.465 e. The maximum absolute atomic E-state index is 11.5. The highest BCUT2D eigenvalue weighted by Crippen LogP contribution is 2.31. The van der Waals surface area contributed by atoms with Crippen LogP contribution in [0.2, 0.25) is 0 Å². The summed E-state index contributed by atoms with van der Waals surface area (Å²) in [5.41, 5.74) is 11.1. The van der Waals surface area contributed by atoms with Crippen LogP contribution in [0.3, 0.4) is 0 Å². The maximum Gasteiger partial charge on any atom is 0.410 e. The number of hydrogen-bond acceptors (Lipinski definition) is 5. The third kappa shape index (κ3) is 6.64. The molecule has 8 heteroatoms. The van der Waals surface area contributed by atoms with E-state index < -0.39 is 11.7 Å². The average molecular weight is 373 g/mol. The number of carbonyl (C=O) groups is 2. The van der Waals surface area contributed by atoms with E-state index in [9.17, 15) is 9.59 Å². The smallest absolute Gasteiger partial charge is 0.410 e. The summed E-state index contributed by atoms with van der Waals surface area (Å²) in [6.07, 6.45) is 0.543. The van der Waals surface area contributed by atoms with Crippen molar-refractivity contribution in [2.45, 2.75) is 78.1 Å². The Morgan fingerprint density at radius 2 is 1.62 bits per heavy atom. The second-order valence-corrected chi connectivity index (χ2v) is 9.21. The molecule has 2 aliphatic heterocycles. The largest absolute Gasteiger partial charge is 0.465 e. The van der Waals surface area contributed by atoms with Crippen LogP contribution in [0.4, 0.5) is 9.59 Å². The van der Waals surface area contributed by atoms with Crippen molar-refractivity contribution in [3.63, 3.8) is 0 Å². The molecular formula is C18H36N4O4. The zero-order valence-electron chi connectivity index (χ0n) is 17.0. The number of nitrogens with zero attached hydrogens (tertiary/aromatic N) is 2. The predicted molar refractivity (Wildman–Crippen MR) is 101 cm³/mol. The van der Waals surface area contributed by atoms with E-state index in [-0.39, 0.29) is 29.6 Å². The number of amides is 2. The fourth-order valence-corrected chi connectivity index (χ4v) is 3.42. The molecule has 0 saturated carbocycles. The molecule has 0 radical (unpaired) electrons. The monoisotopic (exact) mass is 372 g/mol. The first-order chi connectivity index (χ1) is 11.7. The molecule has 26 heavy (non-hydrogen) atoms. The zero-order chi connectivity index (χ0) is 20.3. The summed E-state index contributed by atoms with van der Waals surface area (Å²) in [5.74, 6) is 0. The molecule has 2 saturated heterocycles. The van der Waals surface area contributed by atoms with Crippen LogP contribution in [0, 0.1) is 5.41 Å². The number of carbonyl (C=O) groups excluding carboxylic acids is 1. The topological polar surface area (TPSA) is 122 Å². The summed E-state index contributed by atoms with van der Waals surface area (Å²) in [6.45, 7) is 13.6. The van der Waals surface area contributed by atoms with E-state index in [0.717, 1.165) is 19.4 Å². The van der Waals surface area contributed by atoms with Crippen molar-refractivity contribution < 1.29 is 19.4 Å². The molecule has 152 valence electrons. The Labute approximate surface area is 156 Å². The highest BCUT2D eigenvalue weighted by Gasteiger charge is 2.42. The molecule has 0 spiro atoms. The van der Waals surface area contributed by atoms with Gasteiger partial charge in [-0.2, -0.15) is 0 Å². The van der Waals surface area contributed by atoms with E-state index in [0.29, 0.717) is 13.1 Å². The van der Waals surface area contributed by atoms with Gasteiger partial charge in [-0.1, -0.05) is 20.8 Å². The van der Waals surface area contributed by atoms with Crippen LogP contribution in [0.1, 0.15) is 54.4 Å². The minimum atomic E-state index is -0.854. The Morgan fingerprint density at radius 3 is 1.96 bits per heavy atom. The number of likely N-dealkylation sites (tertiary alicyclic amines) is 2. The third-order valence-electron chi connectivity index (χ3n) is 4.45. The lowest BCUT2D eigenvalue weighted by Crippen LogP contribution is -2.49. The normalized spacial score (nSPS) is 26.4. The van der Waals surface area contributed by atoms with Crippen LogP contribution in [0.5, 0.6) is 0 Å². The van der Waals surface area contributed by atoms with E-state index >= 15 is 0 Å². The predicted octanol–water partition coefficient (Wildman–Crippen LogP) is 2.07. The van der Waals surface area contributed by atoms with E-state index in [1.165, 1.54) is 4.90 Å². The minimum absolute atomic E-state index is 0.0175. The van der Waals surface area contributed by atoms with Gasteiger partial charge in [-0.05, 0) is 39.0 Å². The molecule has 0 aliphatic carbocycles.